The Labute approximate surface area is 126 Å². The minimum Gasteiger partial charge on any atom is -0.398 e. The van der Waals surface area contributed by atoms with Gasteiger partial charge in [0.25, 0.3) is 0 Å². The fourth-order valence-electron chi connectivity index (χ4n) is 3.65. The van der Waals surface area contributed by atoms with Crippen molar-refractivity contribution in [3.05, 3.63) is 23.8 Å². The van der Waals surface area contributed by atoms with E-state index < -0.39 is 10.0 Å². The summed E-state index contributed by atoms with van der Waals surface area (Å²) >= 11 is 0. The number of aryl methyl sites for hydroxylation is 1. The van der Waals surface area contributed by atoms with Crippen molar-refractivity contribution in [2.45, 2.75) is 49.6 Å². The number of hydrogen-bond acceptors (Lipinski definition) is 4. The average molecular weight is 309 g/mol. The van der Waals surface area contributed by atoms with Crippen LogP contribution in [0.5, 0.6) is 0 Å². The summed E-state index contributed by atoms with van der Waals surface area (Å²) in [4.78, 5) is 2.71. The molecule has 3 rings (SSSR count). The van der Waals surface area contributed by atoms with Crippen molar-refractivity contribution in [1.29, 1.82) is 0 Å². The van der Waals surface area contributed by atoms with E-state index in [9.17, 15) is 8.42 Å². The van der Waals surface area contributed by atoms with E-state index in [4.69, 9.17) is 5.73 Å². The van der Waals surface area contributed by atoms with Gasteiger partial charge in [0, 0.05) is 12.1 Å². The SMILES string of the molecule is Cc1cccc(N)c1S(=O)(=O)NC1CCN2CCCC2C1. The second kappa shape index (κ2) is 5.59. The largest absolute Gasteiger partial charge is 0.398 e. The number of piperidine rings is 1. The van der Waals surface area contributed by atoms with Crippen LogP contribution >= 0.6 is 0 Å². The van der Waals surface area contributed by atoms with E-state index in [0.29, 0.717) is 17.3 Å². The molecule has 0 bridgehead atoms. The van der Waals surface area contributed by atoms with Crippen molar-refractivity contribution in [2.75, 3.05) is 18.8 Å². The van der Waals surface area contributed by atoms with E-state index in [1.807, 2.05) is 0 Å². The molecule has 0 amide bonds. The lowest BCUT2D eigenvalue weighted by Gasteiger charge is -2.35. The molecule has 6 heteroatoms. The molecule has 2 unspecified atom stereocenters. The molecule has 0 aliphatic carbocycles. The summed E-state index contributed by atoms with van der Waals surface area (Å²) < 4.78 is 28.1. The quantitative estimate of drug-likeness (QED) is 0.829. The van der Waals surface area contributed by atoms with Crippen LogP contribution in [0.3, 0.4) is 0 Å². The predicted octanol–water partition coefficient (Wildman–Crippen LogP) is 1.48. The summed E-state index contributed by atoms with van der Waals surface area (Å²) in [5, 5.41) is 0. The lowest BCUT2D eigenvalue weighted by molar-refractivity contribution is 0.176. The maximum absolute atomic E-state index is 12.6. The molecule has 2 saturated heterocycles. The Morgan fingerprint density at radius 3 is 2.86 bits per heavy atom. The highest BCUT2D eigenvalue weighted by Crippen LogP contribution is 2.29. The van der Waals surface area contributed by atoms with Gasteiger partial charge in [-0.2, -0.15) is 0 Å². The van der Waals surface area contributed by atoms with Crippen LogP contribution in [0.2, 0.25) is 0 Å². The molecule has 1 aromatic rings. The fraction of sp³-hybridized carbons (Fsp3) is 0.600. The van der Waals surface area contributed by atoms with Crippen molar-refractivity contribution in [1.82, 2.24) is 9.62 Å². The summed E-state index contributed by atoms with van der Waals surface area (Å²) in [5.41, 5.74) is 6.89. The van der Waals surface area contributed by atoms with E-state index in [-0.39, 0.29) is 10.9 Å². The lowest BCUT2D eigenvalue weighted by atomic mass is 9.99. The monoisotopic (exact) mass is 309 g/mol. The zero-order chi connectivity index (χ0) is 15.0. The Bertz CT molecular complexity index is 610. The van der Waals surface area contributed by atoms with Gasteiger partial charge in [0.05, 0.1) is 5.69 Å². The van der Waals surface area contributed by atoms with Crippen LogP contribution in [0.4, 0.5) is 5.69 Å². The average Bonchev–Trinajstić information content (AvgIpc) is 2.85. The normalized spacial score (nSPS) is 26.7. The first-order valence-electron chi connectivity index (χ1n) is 7.59. The molecular formula is C15H23N3O2S. The minimum absolute atomic E-state index is 0.0216. The van der Waals surface area contributed by atoms with Crippen LogP contribution in [0.25, 0.3) is 0 Å². The van der Waals surface area contributed by atoms with Gasteiger partial charge in [-0.15, -0.1) is 0 Å². The van der Waals surface area contributed by atoms with Crippen molar-refractivity contribution in [3.8, 4) is 0 Å². The Morgan fingerprint density at radius 1 is 1.29 bits per heavy atom. The summed E-state index contributed by atoms with van der Waals surface area (Å²) in [7, 11) is -3.54. The lowest BCUT2D eigenvalue weighted by Crippen LogP contribution is -2.47. The Kier molecular flexibility index (Phi) is 3.94. The highest BCUT2D eigenvalue weighted by Gasteiger charge is 2.34. The number of nitrogens with zero attached hydrogens (tertiary/aromatic N) is 1. The van der Waals surface area contributed by atoms with E-state index in [0.717, 1.165) is 25.9 Å². The number of hydrogen-bond donors (Lipinski definition) is 2. The Balaban J connectivity index is 1.77. The maximum atomic E-state index is 12.6. The maximum Gasteiger partial charge on any atom is 0.243 e. The Morgan fingerprint density at radius 2 is 2.10 bits per heavy atom. The molecule has 0 spiro atoms. The summed E-state index contributed by atoms with van der Waals surface area (Å²) in [5.74, 6) is 0. The van der Waals surface area contributed by atoms with Crippen LogP contribution in [-0.4, -0.2) is 38.5 Å². The highest BCUT2D eigenvalue weighted by molar-refractivity contribution is 7.89. The van der Waals surface area contributed by atoms with Gasteiger partial charge in [-0.3, -0.25) is 0 Å². The molecule has 2 atom stereocenters. The second-order valence-corrected chi connectivity index (χ2v) is 7.82. The zero-order valence-corrected chi connectivity index (χ0v) is 13.2. The van der Waals surface area contributed by atoms with Gasteiger partial charge in [0.15, 0.2) is 0 Å². The summed E-state index contributed by atoms with van der Waals surface area (Å²) in [6.07, 6.45) is 4.20. The van der Waals surface area contributed by atoms with Crippen LogP contribution in [0.1, 0.15) is 31.2 Å². The summed E-state index contributed by atoms with van der Waals surface area (Å²) in [6, 6.07) is 5.76. The fourth-order valence-corrected chi connectivity index (χ4v) is 5.29. The first-order chi connectivity index (χ1) is 9.97. The minimum atomic E-state index is -3.54. The first-order valence-corrected chi connectivity index (χ1v) is 9.07. The third-order valence-electron chi connectivity index (χ3n) is 4.65. The van der Waals surface area contributed by atoms with E-state index in [1.54, 1.807) is 25.1 Å². The van der Waals surface area contributed by atoms with E-state index in [2.05, 4.69) is 9.62 Å². The smallest absolute Gasteiger partial charge is 0.243 e. The van der Waals surface area contributed by atoms with Gasteiger partial charge in [-0.1, -0.05) is 12.1 Å². The van der Waals surface area contributed by atoms with Gasteiger partial charge < -0.3 is 10.6 Å². The van der Waals surface area contributed by atoms with Gasteiger partial charge in [0.2, 0.25) is 10.0 Å². The number of nitrogens with two attached hydrogens (primary N) is 1. The molecule has 2 aliphatic rings. The van der Waals surface area contributed by atoms with Gasteiger partial charge in [-0.25, -0.2) is 13.1 Å². The molecule has 21 heavy (non-hydrogen) atoms. The molecule has 3 N–H and O–H groups in total. The molecule has 0 radical (unpaired) electrons. The molecule has 5 nitrogen and oxygen atoms in total. The van der Waals surface area contributed by atoms with Gasteiger partial charge in [0.1, 0.15) is 4.90 Å². The Hall–Kier alpha value is -1.11. The van der Waals surface area contributed by atoms with Crippen molar-refractivity contribution in [3.63, 3.8) is 0 Å². The molecule has 116 valence electrons. The number of nitrogens with one attached hydrogen (secondary N) is 1. The first kappa shape index (κ1) is 14.8. The number of sulfonamides is 1. The number of benzene rings is 1. The van der Waals surface area contributed by atoms with Crippen LogP contribution < -0.4 is 10.5 Å². The topological polar surface area (TPSA) is 75.4 Å². The number of rotatable bonds is 3. The van der Waals surface area contributed by atoms with E-state index in [1.165, 1.54) is 12.8 Å². The third-order valence-corrected chi connectivity index (χ3v) is 6.39. The van der Waals surface area contributed by atoms with Crippen molar-refractivity contribution in [2.24, 2.45) is 0 Å². The third kappa shape index (κ3) is 2.93. The number of anilines is 1. The van der Waals surface area contributed by atoms with Crippen LogP contribution in [0, 0.1) is 6.92 Å². The molecule has 2 aliphatic heterocycles. The zero-order valence-electron chi connectivity index (χ0n) is 12.4. The molecule has 2 fully saturated rings. The molecule has 0 saturated carbocycles. The molecule has 0 aromatic heterocycles. The van der Waals surface area contributed by atoms with Gasteiger partial charge >= 0.3 is 0 Å². The second-order valence-electron chi connectivity index (χ2n) is 6.17. The molecular weight excluding hydrogens is 286 g/mol. The molecule has 2 heterocycles. The van der Waals surface area contributed by atoms with Crippen molar-refractivity contribution >= 4 is 15.7 Å². The number of fused-ring (bicyclic) bond motifs is 1. The number of nitrogen functional groups attached to an aromatic ring is 1. The standard InChI is InChI=1S/C15H23N3O2S/c1-11-4-2-6-14(16)15(11)21(19,20)17-12-7-9-18-8-3-5-13(18)10-12/h2,4,6,12-13,17H,3,5,7-10,16H2,1H3. The van der Waals surface area contributed by atoms with Crippen molar-refractivity contribution < 1.29 is 8.42 Å². The molecule has 1 aromatic carbocycles. The van der Waals surface area contributed by atoms with Crippen LogP contribution in [-0.2, 0) is 10.0 Å². The predicted molar refractivity (Wildman–Crippen MR) is 83.5 cm³/mol. The summed E-state index contributed by atoms with van der Waals surface area (Å²) in [6.45, 7) is 3.93. The van der Waals surface area contributed by atoms with E-state index >= 15 is 0 Å². The van der Waals surface area contributed by atoms with Gasteiger partial charge in [-0.05, 0) is 57.3 Å². The highest BCUT2D eigenvalue weighted by atomic mass is 32.2. The van der Waals surface area contributed by atoms with Crippen LogP contribution in [0.15, 0.2) is 23.1 Å².